The minimum Gasteiger partial charge on any atom is -0.480 e. The van der Waals surface area contributed by atoms with Gasteiger partial charge in [-0.1, -0.05) is 44.2 Å². The van der Waals surface area contributed by atoms with Crippen molar-refractivity contribution in [3.05, 3.63) is 35.9 Å². The van der Waals surface area contributed by atoms with E-state index < -0.39 is 18.0 Å². The Hall–Kier alpha value is -2.08. The van der Waals surface area contributed by atoms with Gasteiger partial charge < -0.3 is 10.4 Å². The number of nitrogens with one attached hydrogen (secondary N) is 2. The minimum absolute atomic E-state index is 0.168. The SMILES string of the molecule is CC(C)CC(NC(=O)NOCc1ccccc1)C(=O)O. The second-order valence-electron chi connectivity index (χ2n) is 4.87. The van der Waals surface area contributed by atoms with E-state index in [4.69, 9.17) is 9.94 Å². The van der Waals surface area contributed by atoms with Crippen LogP contribution in [0.2, 0.25) is 0 Å². The van der Waals surface area contributed by atoms with Crippen LogP contribution < -0.4 is 10.8 Å². The van der Waals surface area contributed by atoms with Crippen LogP contribution in [0.1, 0.15) is 25.8 Å². The number of urea groups is 1. The molecule has 0 fully saturated rings. The van der Waals surface area contributed by atoms with Crippen molar-refractivity contribution in [2.24, 2.45) is 5.92 Å². The fourth-order valence-electron chi connectivity index (χ4n) is 1.64. The van der Waals surface area contributed by atoms with Crippen LogP contribution in [0.3, 0.4) is 0 Å². The van der Waals surface area contributed by atoms with E-state index >= 15 is 0 Å². The van der Waals surface area contributed by atoms with E-state index in [1.54, 1.807) is 0 Å². The summed E-state index contributed by atoms with van der Waals surface area (Å²) in [4.78, 5) is 27.5. The summed E-state index contributed by atoms with van der Waals surface area (Å²) in [6, 6.07) is 7.75. The Bertz CT molecular complexity index is 434. The molecule has 0 heterocycles. The lowest BCUT2D eigenvalue weighted by Crippen LogP contribution is -2.46. The van der Waals surface area contributed by atoms with Crippen molar-refractivity contribution in [1.82, 2.24) is 10.8 Å². The van der Waals surface area contributed by atoms with Crippen molar-refractivity contribution in [1.29, 1.82) is 0 Å². The highest BCUT2D eigenvalue weighted by Gasteiger charge is 2.20. The molecule has 1 aromatic carbocycles. The van der Waals surface area contributed by atoms with Crippen LogP contribution in [0.15, 0.2) is 30.3 Å². The summed E-state index contributed by atoms with van der Waals surface area (Å²) in [5.74, 6) is -0.890. The zero-order valence-electron chi connectivity index (χ0n) is 11.6. The number of rotatable bonds is 7. The van der Waals surface area contributed by atoms with Crippen LogP contribution in [0.4, 0.5) is 4.79 Å². The van der Waals surface area contributed by atoms with E-state index in [0.717, 1.165) is 5.56 Å². The van der Waals surface area contributed by atoms with Gasteiger partial charge in [-0.3, -0.25) is 4.84 Å². The summed E-state index contributed by atoms with van der Waals surface area (Å²) >= 11 is 0. The molecule has 6 heteroatoms. The number of carbonyl (C=O) groups is 2. The lowest BCUT2D eigenvalue weighted by molar-refractivity contribution is -0.139. The fourth-order valence-corrected chi connectivity index (χ4v) is 1.64. The number of benzene rings is 1. The molecule has 1 atom stereocenters. The molecule has 0 aliphatic rings. The molecule has 20 heavy (non-hydrogen) atoms. The average Bonchev–Trinajstić information content (AvgIpc) is 2.38. The molecule has 1 rings (SSSR count). The molecule has 110 valence electrons. The molecule has 2 amide bonds. The number of carbonyl (C=O) groups excluding carboxylic acids is 1. The first-order valence-corrected chi connectivity index (χ1v) is 6.44. The number of hydrogen-bond donors (Lipinski definition) is 3. The van der Waals surface area contributed by atoms with E-state index in [9.17, 15) is 9.59 Å². The molecule has 0 spiro atoms. The third-order valence-corrected chi connectivity index (χ3v) is 2.56. The number of hydrogen-bond acceptors (Lipinski definition) is 3. The van der Waals surface area contributed by atoms with Gasteiger partial charge in [-0.2, -0.15) is 0 Å². The third kappa shape index (κ3) is 6.19. The topological polar surface area (TPSA) is 87.7 Å². The second kappa shape index (κ2) is 8.16. The fraction of sp³-hybridized carbons (Fsp3) is 0.429. The molecule has 1 aromatic rings. The molecule has 3 N–H and O–H groups in total. The molecule has 0 bridgehead atoms. The Kier molecular flexibility index (Phi) is 6.52. The summed E-state index contributed by atoms with van der Waals surface area (Å²) in [5, 5.41) is 11.4. The van der Waals surface area contributed by atoms with Gasteiger partial charge in [0.25, 0.3) is 0 Å². The number of hydroxylamine groups is 1. The summed E-state index contributed by atoms with van der Waals surface area (Å²) in [5.41, 5.74) is 3.08. The smallest absolute Gasteiger partial charge is 0.339 e. The van der Waals surface area contributed by atoms with Crippen molar-refractivity contribution >= 4 is 12.0 Å². The Balaban J connectivity index is 2.33. The van der Waals surface area contributed by atoms with Crippen molar-refractivity contribution in [2.75, 3.05) is 0 Å². The maximum Gasteiger partial charge on any atom is 0.339 e. The van der Waals surface area contributed by atoms with Gasteiger partial charge >= 0.3 is 12.0 Å². The lowest BCUT2D eigenvalue weighted by Gasteiger charge is -2.16. The maximum atomic E-state index is 11.5. The van der Waals surface area contributed by atoms with Gasteiger partial charge in [-0.05, 0) is 17.9 Å². The highest BCUT2D eigenvalue weighted by atomic mass is 16.7. The third-order valence-electron chi connectivity index (χ3n) is 2.56. The van der Waals surface area contributed by atoms with Gasteiger partial charge in [0, 0.05) is 0 Å². The molecular weight excluding hydrogens is 260 g/mol. The second-order valence-corrected chi connectivity index (χ2v) is 4.87. The molecule has 0 radical (unpaired) electrons. The molecule has 0 saturated heterocycles. The number of carboxylic acids is 1. The predicted molar refractivity (Wildman–Crippen MR) is 73.8 cm³/mol. The number of carboxylic acid groups (broad SMARTS) is 1. The van der Waals surface area contributed by atoms with Crippen LogP contribution in [0.25, 0.3) is 0 Å². The van der Waals surface area contributed by atoms with Gasteiger partial charge in [0.15, 0.2) is 0 Å². The Morgan fingerprint density at radius 1 is 1.25 bits per heavy atom. The lowest BCUT2D eigenvalue weighted by atomic mass is 10.0. The highest BCUT2D eigenvalue weighted by molar-refractivity contribution is 5.81. The monoisotopic (exact) mass is 280 g/mol. The van der Waals surface area contributed by atoms with Crippen LogP contribution in [-0.4, -0.2) is 23.1 Å². The summed E-state index contributed by atoms with van der Waals surface area (Å²) in [6.45, 7) is 4.00. The van der Waals surface area contributed by atoms with Gasteiger partial charge in [-0.25, -0.2) is 15.1 Å². The van der Waals surface area contributed by atoms with Gasteiger partial charge in [0.2, 0.25) is 0 Å². The van der Waals surface area contributed by atoms with E-state index in [0.29, 0.717) is 6.42 Å². The molecule has 1 unspecified atom stereocenters. The number of amides is 2. The van der Waals surface area contributed by atoms with Crippen LogP contribution in [0, 0.1) is 5.92 Å². The molecule has 0 aromatic heterocycles. The van der Waals surface area contributed by atoms with Crippen LogP contribution in [0.5, 0.6) is 0 Å². The standard InChI is InChI=1S/C14H20N2O4/c1-10(2)8-12(13(17)18)15-14(19)16-20-9-11-6-4-3-5-7-11/h3-7,10,12H,8-9H2,1-2H3,(H,17,18)(H2,15,16,19). The van der Waals surface area contributed by atoms with Gasteiger partial charge in [-0.15, -0.1) is 0 Å². The molecule has 0 aliphatic carbocycles. The molecular formula is C14H20N2O4. The molecule has 0 aliphatic heterocycles. The van der Waals surface area contributed by atoms with Gasteiger partial charge in [0.05, 0.1) is 6.61 Å². The van der Waals surface area contributed by atoms with Crippen molar-refractivity contribution in [2.45, 2.75) is 32.9 Å². The summed E-state index contributed by atoms with van der Waals surface area (Å²) in [6.07, 6.45) is 0.363. The van der Waals surface area contributed by atoms with E-state index in [1.165, 1.54) is 0 Å². The highest BCUT2D eigenvalue weighted by Crippen LogP contribution is 2.05. The van der Waals surface area contributed by atoms with E-state index in [2.05, 4.69) is 10.8 Å². The largest absolute Gasteiger partial charge is 0.480 e. The Labute approximate surface area is 118 Å². The maximum absolute atomic E-state index is 11.5. The van der Waals surface area contributed by atoms with E-state index in [-0.39, 0.29) is 12.5 Å². The molecule has 0 saturated carbocycles. The summed E-state index contributed by atoms with van der Waals surface area (Å²) in [7, 11) is 0. The first kappa shape index (κ1) is 16.0. The first-order chi connectivity index (χ1) is 9.49. The van der Waals surface area contributed by atoms with Crippen molar-refractivity contribution in [3.8, 4) is 0 Å². The van der Waals surface area contributed by atoms with Crippen LogP contribution in [-0.2, 0) is 16.2 Å². The van der Waals surface area contributed by atoms with Crippen molar-refractivity contribution < 1.29 is 19.5 Å². The predicted octanol–water partition coefficient (Wildman–Crippen LogP) is 1.92. The zero-order valence-corrected chi connectivity index (χ0v) is 11.6. The van der Waals surface area contributed by atoms with Crippen LogP contribution >= 0.6 is 0 Å². The van der Waals surface area contributed by atoms with E-state index in [1.807, 2.05) is 44.2 Å². The normalized spacial score (nSPS) is 11.9. The van der Waals surface area contributed by atoms with Gasteiger partial charge in [0.1, 0.15) is 6.04 Å². The van der Waals surface area contributed by atoms with Crippen molar-refractivity contribution in [3.63, 3.8) is 0 Å². The first-order valence-electron chi connectivity index (χ1n) is 6.44. The average molecular weight is 280 g/mol. The Morgan fingerprint density at radius 3 is 2.45 bits per heavy atom. The minimum atomic E-state index is -1.06. The quantitative estimate of drug-likeness (QED) is 0.666. The Morgan fingerprint density at radius 2 is 1.90 bits per heavy atom. The molecule has 6 nitrogen and oxygen atoms in total. The summed E-state index contributed by atoms with van der Waals surface area (Å²) < 4.78 is 0. The number of aliphatic carboxylic acids is 1. The zero-order chi connectivity index (χ0) is 15.0.